The molecule has 6 heteroatoms. The van der Waals surface area contributed by atoms with Gasteiger partial charge in [0.1, 0.15) is 0 Å². The van der Waals surface area contributed by atoms with E-state index in [9.17, 15) is 9.18 Å². The molecular formula is C18H26FN3O2. The van der Waals surface area contributed by atoms with Gasteiger partial charge in [0.25, 0.3) is 0 Å². The van der Waals surface area contributed by atoms with Crippen LogP contribution in [0.15, 0.2) is 18.2 Å². The van der Waals surface area contributed by atoms with Gasteiger partial charge in [-0.15, -0.1) is 0 Å². The van der Waals surface area contributed by atoms with Gasteiger partial charge >= 0.3 is 6.03 Å². The number of benzene rings is 1. The van der Waals surface area contributed by atoms with Crippen molar-refractivity contribution in [1.82, 2.24) is 15.1 Å². The van der Waals surface area contributed by atoms with Gasteiger partial charge in [0.2, 0.25) is 0 Å². The SMILES string of the molecule is COc1ccc(C(C)NC(=O)N2CCN3CCCCC3C2)cc1F. The fourth-order valence-electron chi connectivity index (χ4n) is 3.65. The van der Waals surface area contributed by atoms with Crippen molar-refractivity contribution in [2.24, 2.45) is 0 Å². The highest BCUT2D eigenvalue weighted by molar-refractivity contribution is 5.75. The Labute approximate surface area is 142 Å². The molecule has 0 saturated carbocycles. The molecule has 24 heavy (non-hydrogen) atoms. The molecule has 1 aromatic rings. The molecule has 3 rings (SSSR count). The predicted molar refractivity (Wildman–Crippen MR) is 90.7 cm³/mol. The molecule has 2 saturated heterocycles. The van der Waals surface area contributed by atoms with E-state index < -0.39 is 5.82 Å². The van der Waals surface area contributed by atoms with Crippen molar-refractivity contribution in [3.05, 3.63) is 29.6 Å². The zero-order valence-corrected chi connectivity index (χ0v) is 14.4. The van der Waals surface area contributed by atoms with E-state index in [1.807, 2.05) is 11.8 Å². The standard InChI is InChI=1S/C18H26FN3O2/c1-13(14-6-7-17(24-2)16(19)11-14)20-18(23)22-10-9-21-8-4-3-5-15(21)12-22/h6-7,11,13,15H,3-5,8-10,12H2,1-2H3,(H,20,23). The zero-order chi connectivity index (χ0) is 17.1. The van der Waals surface area contributed by atoms with E-state index >= 15 is 0 Å². The average molecular weight is 335 g/mol. The van der Waals surface area contributed by atoms with Gasteiger partial charge in [-0.2, -0.15) is 0 Å². The third-order valence-electron chi connectivity index (χ3n) is 5.14. The Morgan fingerprint density at radius 3 is 2.92 bits per heavy atom. The van der Waals surface area contributed by atoms with E-state index in [-0.39, 0.29) is 17.8 Å². The van der Waals surface area contributed by atoms with Crippen molar-refractivity contribution in [3.63, 3.8) is 0 Å². The predicted octanol–water partition coefficient (Wildman–Crippen LogP) is 2.78. The highest BCUT2D eigenvalue weighted by atomic mass is 19.1. The molecule has 1 N–H and O–H groups in total. The molecule has 1 aromatic carbocycles. The number of methoxy groups -OCH3 is 1. The summed E-state index contributed by atoms with van der Waals surface area (Å²) in [5.41, 5.74) is 0.734. The minimum absolute atomic E-state index is 0.0658. The van der Waals surface area contributed by atoms with E-state index in [4.69, 9.17) is 4.74 Å². The number of carbonyl (C=O) groups excluding carboxylic acids is 1. The number of fused-ring (bicyclic) bond motifs is 1. The monoisotopic (exact) mass is 335 g/mol. The number of nitrogens with one attached hydrogen (secondary N) is 1. The highest BCUT2D eigenvalue weighted by Gasteiger charge is 2.31. The number of nitrogens with zero attached hydrogens (tertiary/aromatic N) is 2. The van der Waals surface area contributed by atoms with Crippen LogP contribution in [0.5, 0.6) is 5.75 Å². The van der Waals surface area contributed by atoms with Crippen molar-refractivity contribution in [1.29, 1.82) is 0 Å². The van der Waals surface area contributed by atoms with Crippen molar-refractivity contribution in [2.45, 2.75) is 38.3 Å². The Bertz CT molecular complexity index is 596. The van der Waals surface area contributed by atoms with Gasteiger partial charge in [-0.05, 0) is 44.0 Å². The van der Waals surface area contributed by atoms with Gasteiger partial charge in [0.05, 0.1) is 13.2 Å². The van der Waals surface area contributed by atoms with E-state index in [0.717, 1.165) is 31.7 Å². The maximum absolute atomic E-state index is 13.8. The number of piperazine rings is 1. The van der Waals surface area contributed by atoms with Crippen LogP contribution in [0.2, 0.25) is 0 Å². The molecule has 0 aliphatic carbocycles. The number of urea groups is 1. The number of halogens is 1. The summed E-state index contributed by atoms with van der Waals surface area (Å²) in [6.45, 7) is 5.52. The first kappa shape index (κ1) is 17.0. The van der Waals surface area contributed by atoms with Gasteiger partial charge in [0, 0.05) is 25.7 Å². The number of carbonyl (C=O) groups is 1. The molecule has 0 bridgehead atoms. The average Bonchev–Trinajstić information content (AvgIpc) is 2.61. The second-order valence-corrected chi connectivity index (χ2v) is 6.70. The van der Waals surface area contributed by atoms with Crippen LogP contribution in [0.25, 0.3) is 0 Å². The molecular weight excluding hydrogens is 309 g/mol. The largest absolute Gasteiger partial charge is 0.494 e. The number of amides is 2. The molecule has 2 aliphatic heterocycles. The van der Waals surface area contributed by atoms with Crippen LogP contribution in [-0.2, 0) is 0 Å². The van der Waals surface area contributed by atoms with Gasteiger partial charge in [-0.1, -0.05) is 12.5 Å². The molecule has 2 atom stereocenters. The Morgan fingerprint density at radius 2 is 2.17 bits per heavy atom. The summed E-state index contributed by atoms with van der Waals surface area (Å²) in [4.78, 5) is 16.9. The summed E-state index contributed by atoms with van der Waals surface area (Å²) in [6, 6.07) is 4.97. The number of rotatable bonds is 3. The van der Waals surface area contributed by atoms with Gasteiger partial charge < -0.3 is 15.0 Å². The summed E-state index contributed by atoms with van der Waals surface area (Å²) < 4.78 is 18.8. The zero-order valence-electron chi connectivity index (χ0n) is 14.4. The summed E-state index contributed by atoms with van der Waals surface area (Å²) in [7, 11) is 1.44. The van der Waals surface area contributed by atoms with Crippen LogP contribution in [0, 0.1) is 5.82 Å². The lowest BCUT2D eigenvalue weighted by molar-refractivity contribution is 0.0637. The smallest absolute Gasteiger partial charge is 0.317 e. The van der Waals surface area contributed by atoms with Crippen LogP contribution in [0.3, 0.4) is 0 Å². The van der Waals surface area contributed by atoms with Crippen molar-refractivity contribution < 1.29 is 13.9 Å². The van der Waals surface area contributed by atoms with Gasteiger partial charge in [-0.25, -0.2) is 9.18 Å². The van der Waals surface area contributed by atoms with E-state index in [1.165, 1.54) is 32.4 Å². The first-order valence-corrected chi connectivity index (χ1v) is 8.71. The Hall–Kier alpha value is -1.82. The molecule has 2 aliphatic rings. The minimum atomic E-state index is -0.410. The van der Waals surface area contributed by atoms with Crippen LogP contribution >= 0.6 is 0 Å². The minimum Gasteiger partial charge on any atom is -0.494 e. The first-order chi connectivity index (χ1) is 11.6. The van der Waals surface area contributed by atoms with Gasteiger partial charge in [-0.3, -0.25) is 4.90 Å². The van der Waals surface area contributed by atoms with Gasteiger partial charge in [0.15, 0.2) is 11.6 Å². The third kappa shape index (κ3) is 3.64. The lowest BCUT2D eigenvalue weighted by Gasteiger charge is -2.44. The van der Waals surface area contributed by atoms with Crippen LogP contribution < -0.4 is 10.1 Å². The lowest BCUT2D eigenvalue weighted by Crippen LogP contribution is -2.58. The molecule has 2 heterocycles. The summed E-state index contributed by atoms with van der Waals surface area (Å²) in [6.07, 6.45) is 3.68. The number of piperidine rings is 1. The Balaban J connectivity index is 1.59. The van der Waals surface area contributed by atoms with Crippen molar-refractivity contribution >= 4 is 6.03 Å². The van der Waals surface area contributed by atoms with Crippen molar-refractivity contribution in [2.75, 3.05) is 33.3 Å². The maximum atomic E-state index is 13.8. The molecule has 132 valence electrons. The van der Waals surface area contributed by atoms with E-state index in [2.05, 4.69) is 10.2 Å². The summed E-state index contributed by atoms with van der Waals surface area (Å²) >= 11 is 0. The molecule has 2 unspecified atom stereocenters. The fraction of sp³-hybridized carbons (Fsp3) is 0.611. The first-order valence-electron chi connectivity index (χ1n) is 8.71. The van der Waals surface area contributed by atoms with E-state index in [1.54, 1.807) is 12.1 Å². The Kier molecular flexibility index (Phi) is 5.23. The topological polar surface area (TPSA) is 44.8 Å². The van der Waals surface area contributed by atoms with Crippen LogP contribution in [0.4, 0.5) is 9.18 Å². The molecule has 2 amide bonds. The fourth-order valence-corrected chi connectivity index (χ4v) is 3.65. The molecule has 0 aromatic heterocycles. The van der Waals surface area contributed by atoms with Crippen LogP contribution in [-0.4, -0.2) is 55.2 Å². The second kappa shape index (κ2) is 7.38. The van der Waals surface area contributed by atoms with Crippen LogP contribution in [0.1, 0.15) is 37.8 Å². The van der Waals surface area contributed by atoms with E-state index in [0.29, 0.717) is 6.04 Å². The summed E-state index contributed by atoms with van der Waals surface area (Å²) in [5, 5.41) is 2.99. The molecule has 5 nitrogen and oxygen atoms in total. The second-order valence-electron chi connectivity index (χ2n) is 6.70. The Morgan fingerprint density at radius 1 is 1.33 bits per heavy atom. The summed E-state index contributed by atoms with van der Waals surface area (Å²) in [5.74, 6) is -0.197. The number of hydrogen-bond donors (Lipinski definition) is 1. The number of ether oxygens (including phenoxy) is 1. The van der Waals surface area contributed by atoms with Crippen molar-refractivity contribution in [3.8, 4) is 5.75 Å². The third-order valence-corrected chi connectivity index (χ3v) is 5.14. The normalized spacial score (nSPS) is 22.6. The lowest BCUT2D eigenvalue weighted by atomic mass is 10.00. The number of hydrogen-bond acceptors (Lipinski definition) is 3. The quantitative estimate of drug-likeness (QED) is 0.924. The highest BCUT2D eigenvalue weighted by Crippen LogP contribution is 2.23. The molecule has 0 spiro atoms. The maximum Gasteiger partial charge on any atom is 0.317 e. The molecule has 0 radical (unpaired) electrons. The molecule has 2 fully saturated rings.